The van der Waals surface area contributed by atoms with E-state index in [1.54, 1.807) is 0 Å². The highest BCUT2D eigenvalue weighted by atomic mass is 79.9. The summed E-state index contributed by atoms with van der Waals surface area (Å²) in [5.41, 5.74) is 0. The monoisotopic (exact) mass is 214 g/mol. The predicted molar refractivity (Wildman–Crippen MR) is 44.6 cm³/mol. The second-order valence-electron chi connectivity index (χ2n) is 1.74. The summed E-state index contributed by atoms with van der Waals surface area (Å²) in [4.78, 5) is 12.9. The lowest BCUT2D eigenvalue weighted by atomic mass is 10.3. The number of carbonyl (C=O) groups excluding carboxylic acids is 1. The number of halogens is 1. The van der Waals surface area contributed by atoms with Crippen molar-refractivity contribution in [2.45, 2.75) is 12.8 Å². The molecule has 0 aliphatic heterocycles. The van der Waals surface area contributed by atoms with E-state index in [-0.39, 0.29) is 5.91 Å². The standard InChI is InChI=1S/C7H7BrN2O/c8-4-3-7(11)10-6-2-1-5-9/h1-2,6H2,(H,10,11). The molecule has 0 fully saturated rings. The first-order chi connectivity index (χ1) is 5.31. The van der Waals surface area contributed by atoms with Gasteiger partial charge in [-0.1, -0.05) is 0 Å². The number of hydrogen-bond donors (Lipinski definition) is 1. The lowest BCUT2D eigenvalue weighted by molar-refractivity contribution is -0.115. The second-order valence-corrected chi connectivity index (χ2v) is 2.13. The zero-order chi connectivity index (χ0) is 8.53. The summed E-state index contributed by atoms with van der Waals surface area (Å²) in [6, 6.07) is 1.98. The molecule has 0 rings (SSSR count). The Kier molecular flexibility index (Phi) is 6.46. The Balaban J connectivity index is 3.31. The Hall–Kier alpha value is -1.00. The maximum absolute atomic E-state index is 10.6. The molecule has 0 aliphatic rings. The number of hydrogen-bond acceptors (Lipinski definition) is 2. The largest absolute Gasteiger partial charge is 0.345 e. The zero-order valence-electron chi connectivity index (χ0n) is 5.85. The molecule has 4 heteroatoms. The van der Waals surface area contributed by atoms with Crippen LogP contribution in [0.15, 0.2) is 0 Å². The summed E-state index contributed by atoms with van der Waals surface area (Å²) in [5.74, 6) is 1.94. The van der Waals surface area contributed by atoms with Crippen molar-refractivity contribution in [2.24, 2.45) is 0 Å². The van der Waals surface area contributed by atoms with Crippen LogP contribution in [0.4, 0.5) is 0 Å². The topological polar surface area (TPSA) is 52.9 Å². The Labute approximate surface area is 73.9 Å². The first kappa shape index (κ1) is 10.0. The van der Waals surface area contributed by atoms with Crippen molar-refractivity contribution in [3.63, 3.8) is 0 Å². The fourth-order valence-electron chi connectivity index (χ4n) is 0.456. The number of rotatable bonds is 3. The van der Waals surface area contributed by atoms with Crippen LogP contribution in [0, 0.1) is 22.1 Å². The first-order valence-corrected chi connectivity index (χ1v) is 3.87. The quantitative estimate of drug-likeness (QED) is 0.558. The molecule has 1 N–H and O–H groups in total. The van der Waals surface area contributed by atoms with Crippen molar-refractivity contribution >= 4 is 21.8 Å². The van der Waals surface area contributed by atoms with Crippen LogP contribution in [0.25, 0.3) is 0 Å². The SMILES string of the molecule is N#CCCCNC(=O)C#CBr. The van der Waals surface area contributed by atoms with Crippen molar-refractivity contribution < 1.29 is 4.79 Å². The third-order valence-corrected chi connectivity index (χ3v) is 1.11. The average Bonchev–Trinajstić information content (AvgIpc) is 1.99. The highest BCUT2D eigenvalue weighted by Gasteiger charge is 1.92. The molecule has 0 unspecified atom stereocenters. The number of unbranched alkanes of at least 4 members (excludes halogenated alkanes) is 1. The molecule has 0 aromatic heterocycles. The minimum Gasteiger partial charge on any atom is -0.345 e. The molecule has 0 aromatic rings. The number of nitrogens with zero attached hydrogens (tertiary/aromatic N) is 1. The van der Waals surface area contributed by atoms with Gasteiger partial charge in [-0.2, -0.15) is 5.26 Å². The molecule has 0 saturated carbocycles. The van der Waals surface area contributed by atoms with E-state index in [9.17, 15) is 4.79 Å². The van der Waals surface area contributed by atoms with E-state index in [0.717, 1.165) is 0 Å². The normalized spacial score (nSPS) is 7.27. The Morgan fingerprint density at radius 3 is 2.91 bits per heavy atom. The van der Waals surface area contributed by atoms with Crippen molar-refractivity contribution in [3.05, 3.63) is 0 Å². The van der Waals surface area contributed by atoms with Gasteiger partial charge in [0.05, 0.1) is 6.07 Å². The zero-order valence-corrected chi connectivity index (χ0v) is 7.44. The van der Waals surface area contributed by atoms with Crippen LogP contribution in [0.1, 0.15) is 12.8 Å². The number of carbonyl (C=O) groups is 1. The summed E-state index contributed by atoms with van der Waals surface area (Å²) >= 11 is 2.80. The Morgan fingerprint density at radius 1 is 1.64 bits per heavy atom. The third-order valence-electron chi connectivity index (χ3n) is 0.912. The molecule has 0 aromatic carbocycles. The average molecular weight is 215 g/mol. The predicted octanol–water partition coefficient (Wildman–Crippen LogP) is 0.762. The van der Waals surface area contributed by atoms with Gasteiger partial charge in [0.1, 0.15) is 0 Å². The molecule has 0 bridgehead atoms. The maximum atomic E-state index is 10.6. The summed E-state index contributed by atoms with van der Waals surface area (Å²) in [6.07, 6.45) is 1.13. The minimum atomic E-state index is -0.320. The summed E-state index contributed by atoms with van der Waals surface area (Å²) < 4.78 is 0. The fraction of sp³-hybridized carbons (Fsp3) is 0.429. The number of nitriles is 1. The van der Waals surface area contributed by atoms with E-state index >= 15 is 0 Å². The first-order valence-electron chi connectivity index (χ1n) is 3.07. The molecule has 0 saturated heterocycles. The van der Waals surface area contributed by atoms with Gasteiger partial charge in [0.2, 0.25) is 0 Å². The summed E-state index contributed by atoms with van der Waals surface area (Å²) in [6.45, 7) is 0.508. The maximum Gasteiger partial charge on any atom is 0.296 e. The third kappa shape index (κ3) is 6.89. The molecule has 1 amide bonds. The van der Waals surface area contributed by atoms with E-state index in [1.807, 2.05) is 6.07 Å². The highest BCUT2D eigenvalue weighted by Crippen LogP contribution is 1.82. The van der Waals surface area contributed by atoms with Gasteiger partial charge in [0.15, 0.2) is 0 Å². The van der Waals surface area contributed by atoms with Crippen LogP contribution in [0.5, 0.6) is 0 Å². The Morgan fingerprint density at radius 2 is 2.36 bits per heavy atom. The summed E-state index contributed by atoms with van der Waals surface area (Å²) in [5, 5.41) is 10.7. The fourth-order valence-corrected chi connectivity index (χ4v) is 0.637. The van der Waals surface area contributed by atoms with Gasteiger partial charge in [-0.3, -0.25) is 4.79 Å². The van der Waals surface area contributed by atoms with Crippen LogP contribution >= 0.6 is 15.9 Å². The van der Waals surface area contributed by atoms with Gasteiger partial charge in [-0.15, -0.1) is 0 Å². The molecular formula is C7H7BrN2O. The minimum absolute atomic E-state index is 0.320. The smallest absolute Gasteiger partial charge is 0.296 e. The van der Waals surface area contributed by atoms with Gasteiger partial charge in [0.25, 0.3) is 5.91 Å². The summed E-state index contributed by atoms with van der Waals surface area (Å²) in [7, 11) is 0. The van der Waals surface area contributed by atoms with Crippen LogP contribution < -0.4 is 5.32 Å². The molecule has 0 spiro atoms. The second kappa shape index (κ2) is 7.11. The molecule has 0 atom stereocenters. The molecule has 0 radical (unpaired) electrons. The lowest BCUT2D eigenvalue weighted by Crippen LogP contribution is -2.22. The lowest BCUT2D eigenvalue weighted by Gasteiger charge is -1.95. The van der Waals surface area contributed by atoms with E-state index < -0.39 is 0 Å². The number of amides is 1. The van der Waals surface area contributed by atoms with E-state index in [2.05, 4.69) is 32.0 Å². The van der Waals surface area contributed by atoms with Gasteiger partial charge in [-0.25, -0.2) is 0 Å². The van der Waals surface area contributed by atoms with Crippen molar-refractivity contribution in [1.29, 1.82) is 5.26 Å². The molecule has 58 valence electrons. The molecular weight excluding hydrogens is 208 g/mol. The van der Waals surface area contributed by atoms with E-state index in [4.69, 9.17) is 5.26 Å². The van der Waals surface area contributed by atoms with Crippen molar-refractivity contribution in [2.75, 3.05) is 6.54 Å². The molecule has 0 heterocycles. The van der Waals surface area contributed by atoms with Crippen LogP contribution in [-0.4, -0.2) is 12.5 Å². The van der Waals surface area contributed by atoms with Crippen LogP contribution in [-0.2, 0) is 4.79 Å². The van der Waals surface area contributed by atoms with E-state index in [1.165, 1.54) is 0 Å². The van der Waals surface area contributed by atoms with Crippen molar-refractivity contribution in [1.82, 2.24) is 5.32 Å². The van der Waals surface area contributed by atoms with Gasteiger partial charge in [-0.05, 0) is 11.3 Å². The van der Waals surface area contributed by atoms with Crippen LogP contribution in [0.2, 0.25) is 0 Å². The number of nitrogens with one attached hydrogen (secondary N) is 1. The molecule has 11 heavy (non-hydrogen) atoms. The Bertz CT molecular complexity index is 221. The van der Waals surface area contributed by atoms with Gasteiger partial charge < -0.3 is 5.32 Å². The van der Waals surface area contributed by atoms with Gasteiger partial charge in [0, 0.05) is 34.8 Å². The molecule has 3 nitrogen and oxygen atoms in total. The molecule has 0 aliphatic carbocycles. The van der Waals surface area contributed by atoms with Gasteiger partial charge >= 0.3 is 0 Å². The van der Waals surface area contributed by atoms with Crippen molar-refractivity contribution in [3.8, 4) is 16.8 Å². The van der Waals surface area contributed by atoms with Crippen LogP contribution in [0.3, 0.4) is 0 Å². The highest BCUT2D eigenvalue weighted by molar-refractivity contribution is 9.12. The van der Waals surface area contributed by atoms with E-state index in [0.29, 0.717) is 19.4 Å².